The first-order chi connectivity index (χ1) is 8.06. The zero-order chi connectivity index (χ0) is 12.5. The summed E-state index contributed by atoms with van der Waals surface area (Å²) in [4.78, 5) is 6.70. The maximum Gasteiger partial charge on any atom is 0.268 e. The van der Waals surface area contributed by atoms with Crippen LogP contribution in [0, 0.1) is 0 Å². The van der Waals surface area contributed by atoms with Gasteiger partial charge in [0.25, 0.3) is 5.89 Å². The molecule has 92 valence electrons. The number of thiophene rings is 1. The Kier molecular flexibility index (Phi) is 3.31. The van der Waals surface area contributed by atoms with Gasteiger partial charge in [-0.15, -0.1) is 11.3 Å². The molecule has 5 heteroatoms. The lowest BCUT2D eigenvalue weighted by Crippen LogP contribution is -2.33. The van der Waals surface area contributed by atoms with Crippen molar-refractivity contribution in [3.8, 4) is 10.8 Å². The second-order valence-corrected chi connectivity index (χ2v) is 5.48. The Labute approximate surface area is 105 Å². The number of rotatable bonds is 4. The van der Waals surface area contributed by atoms with Crippen LogP contribution in [0.1, 0.15) is 37.9 Å². The van der Waals surface area contributed by atoms with Crippen molar-refractivity contribution in [1.29, 1.82) is 0 Å². The lowest BCUT2D eigenvalue weighted by atomic mass is 10.0. The molecule has 0 saturated carbocycles. The monoisotopic (exact) mass is 251 g/mol. The normalized spacial score (nSPS) is 14.8. The van der Waals surface area contributed by atoms with Crippen molar-refractivity contribution in [2.45, 2.75) is 39.2 Å². The number of hydrogen-bond donors (Lipinski definition) is 1. The molecule has 0 radical (unpaired) electrons. The van der Waals surface area contributed by atoms with E-state index >= 15 is 0 Å². The Morgan fingerprint density at radius 3 is 2.76 bits per heavy atom. The minimum atomic E-state index is -0.521. The van der Waals surface area contributed by atoms with Crippen LogP contribution in [0.2, 0.25) is 0 Å². The molecule has 1 atom stereocenters. The molecule has 0 bridgehead atoms. The minimum Gasteiger partial charge on any atom is -0.333 e. The molecule has 0 aliphatic rings. The van der Waals surface area contributed by atoms with Gasteiger partial charge < -0.3 is 10.3 Å². The van der Waals surface area contributed by atoms with Gasteiger partial charge in [-0.3, -0.25) is 0 Å². The maximum absolute atomic E-state index is 6.08. The highest BCUT2D eigenvalue weighted by Crippen LogP contribution is 2.28. The van der Waals surface area contributed by atoms with Gasteiger partial charge in [-0.1, -0.05) is 19.0 Å². The molecule has 2 rings (SSSR count). The molecule has 4 nitrogen and oxygen atoms in total. The molecular formula is C12H17N3OS. The molecule has 0 aliphatic heterocycles. The highest BCUT2D eigenvalue weighted by Gasteiger charge is 2.25. The van der Waals surface area contributed by atoms with Gasteiger partial charge in [-0.2, -0.15) is 4.98 Å². The summed E-state index contributed by atoms with van der Waals surface area (Å²) < 4.78 is 5.27. The van der Waals surface area contributed by atoms with Crippen LogP contribution in [-0.4, -0.2) is 10.1 Å². The maximum atomic E-state index is 6.08. The zero-order valence-corrected chi connectivity index (χ0v) is 11.2. The molecule has 0 aromatic carbocycles. The molecule has 2 aromatic rings. The molecule has 2 N–H and O–H groups in total. The lowest BCUT2D eigenvalue weighted by molar-refractivity contribution is 0.379. The third-order valence-corrected chi connectivity index (χ3v) is 4.11. The lowest BCUT2D eigenvalue weighted by Gasteiger charge is -2.16. The fourth-order valence-corrected chi connectivity index (χ4v) is 2.27. The quantitative estimate of drug-likeness (QED) is 0.907. The van der Waals surface area contributed by atoms with Crippen molar-refractivity contribution < 1.29 is 4.52 Å². The van der Waals surface area contributed by atoms with Crippen LogP contribution in [-0.2, 0) is 12.0 Å². The summed E-state index contributed by atoms with van der Waals surface area (Å²) in [6, 6.07) is 4.10. The molecule has 0 spiro atoms. The Hall–Kier alpha value is -1.20. The van der Waals surface area contributed by atoms with Crippen molar-refractivity contribution in [3.63, 3.8) is 0 Å². The van der Waals surface area contributed by atoms with Crippen LogP contribution in [0.15, 0.2) is 16.7 Å². The summed E-state index contributed by atoms with van der Waals surface area (Å²) in [5.74, 6) is 1.14. The predicted molar refractivity (Wildman–Crippen MR) is 68.8 cm³/mol. The summed E-state index contributed by atoms with van der Waals surface area (Å²) in [5.41, 5.74) is 5.56. The fraction of sp³-hybridized carbons (Fsp3) is 0.500. The largest absolute Gasteiger partial charge is 0.333 e. The Morgan fingerprint density at radius 1 is 1.41 bits per heavy atom. The SMILES string of the molecule is CCc1ccc(-c2nc(C(C)(N)CC)no2)s1. The Bertz CT molecular complexity index is 501. The van der Waals surface area contributed by atoms with Gasteiger partial charge in [0.1, 0.15) is 0 Å². The molecule has 2 heterocycles. The Balaban J connectivity index is 2.29. The van der Waals surface area contributed by atoms with Gasteiger partial charge in [0.15, 0.2) is 5.82 Å². The first-order valence-corrected chi connectivity index (χ1v) is 6.60. The second-order valence-electron chi connectivity index (χ2n) is 4.31. The van der Waals surface area contributed by atoms with Crippen LogP contribution in [0.5, 0.6) is 0 Å². The van der Waals surface area contributed by atoms with Crippen LogP contribution in [0.4, 0.5) is 0 Å². The number of hydrogen-bond acceptors (Lipinski definition) is 5. The van der Waals surface area contributed by atoms with Gasteiger partial charge in [-0.05, 0) is 31.9 Å². The van der Waals surface area contributed by atoms with E-state index in [0.717, 1.165) is 17.7 Å². The average molecular weight is 251 g/mol. The van der Waals surface area contributed by atoms with E-state index < -0.39 is 5.54 Å². The first kappa shape index (κ1) is 12.3. The molecule has 0 amide bonds. The molecule has 1 unspecified atom stereocenters. The standard InChI is InChI=1S/C12H17N3OS/c1-4-8-6-7-9(17-8)10-14-11(15-16-10)12(3,13)5-2/h6-7H,4-5,13H2,1-3H3. The van der Waals surface area contributed by atoms with E-state index in [0.29, 0.717) is 11.7 Å². The summed E-state index contributed by atoms with van der Waals surface area (Å²) in [6.07, 6.45) is 1.80. The van der Waals surface area contributed by atoms with E-state index in [1.165, 1.54) is 4.88 Å². The molecule has 2 aromatic heterocycles. The number of nitrogens with two attached hydrogens (primary N) is 1. The summed E-state index contributed by atoms with van der Waals surface area (Å²) >= 11 is 1.68. The zero-order valence-electron chi connectivity index (χ0n) is 10.4. The van der Waals surface area contributed by atoms with Crippen LogP contribution < -0.4 is 5.73 Å². The van der Waals surface area contributed by atoms with Crippen molar-refractivity contribution in [2.24, 2.45) is 5.73 Å². The van der Waals surface area contributed by atoms with Crippen LogP contribution in [0.25, 0.3) is 10.8 Å². The van der Waals surface area contributed by atoms with Crippen molar-refractivity contribution in [1.82, 2.24) is 10.1 Å². The van der Waals surface area contributed by atoms with Crippen molar-refractivity contribution in [3.05, 3.63) is 22.8 Å². The highest BCUT2D eigenvalue weighted by atomic mass is 32.1. The number of nitrogens with zero attached hydrogens (tertiary/aromatic N) is 2. The highest BCUT2D eigenvalue weighted by molar-refractivity contribution is 7.15. The second kappa shape index (κ2) is 4.58. The smallest absolute Gasteiger partial charge is 0.268 e. The minimum absolute atomic E-state index is 0.521. The Morgan fingerprint density at radius 2 is 2.18 bits per heavy atom. The third-order valence-electron chi connectivity index (χ3n) is 2.89. The van der Waals surface area contributed by atoms with Crippen molar-refractivity contribution in [2.75, 3.05) is 0 Å². The van der Waals surface area contributed by atoms with Gasteiger partial charge in [0, 0.05) is 4.88 Å². The van der Waals surface area contributed by atoms with E-state index in [2.05, 4.69) is 23.1 Å². The molecule has 17 heavy (non-hydrogen) atoms. The summed E-state index contributed by atoms with van der Waals surface area (Å²) in [6.45, 7) is 6.05. The van der Waals surface area contributed by atoms with E-state index in [1.54, 1.807) is 11.3 Å². The molecule has 0 saturated heterocycles. The third kappa shape index (κ3) is 2.40. The average Bonchev–Trinajstić information content (AvgIpc) is 2.97. The fourth-order valence-electron chi connectivity index (χ4n) is 1.40. The topological polar surface area (TPSA) is 64.9 Å². The number of aryl methyl sites for hydroxylation is 1. The predicted octanol–water partition coefficient (Wildman–Crippen LogP) is 2.94. The first-order valence-electron chi connectivity index (χ1n) is 5.79. The van der Waals surface area contributed by atoms with Crippen LogP contribution >= 0.6 is 11.3 Å². The molecular weight excluding hydrogens is 234 g/mol. The summed E-state index contributed by atoms with van der Waals surface area (Å²) in [7, 11) is 0. The van der Waals surface area contributed by atoms with E-state index in [1.807, 2.05) is 19.9 Å². The molecule has 0 aliphatic carbocycles. The molecule has 0 fully saturated rings. The van der Waals surface area contributed by atoms with Crippen LogP contribution in [0.3, 0.4) is 0 Å². The van der Waals surface area contributed by atoms with Crippen molar-refractivity contribution >= 4 is 11.3 Å². The van der Waals surface area contributed by atoms with Gasteiger partial charge in [-0.25, -0.2) is 0 Å². The van der Waals surface area contributed by atoms with Gasteiger partial charge in [0.05, 0.1) is 10.4 Å². The number of aromatic nitrogens is 2. The summed E-state index contributed by atoms with van der Waals surface area (Å²) in [5, 5.41) is 3.97. The van der Waals surface area contributed by atoms with E-state index in [9.17, 15) is 0 Å². The van der Waals surface area contributed by atoms with Gasteiger partial charge >= 0.3 is 0 Å². The van der Waals surface area contributed by atoms with E-state index in [-0.39, 0.29) is 0 Å². The van der Waals surface area contributed by atoms with Gasteiger partial charge in [0.2, 0.25) is 0 Å². The van der Waals surface area contributed by atoms with E-state index in [4.69, 9.17) is 10.3 Å².